The first-order chi connectivity index (χ1) is 8.74. The Hall–Kier alpha value is -1.61. The summed E-state index contributed by atoms with van der Waals surface area (Å²) in [6.45, 7) is 8.12. The third-order valence-electron chi connectivity index (χ3n) is 3.07. The summed E-state index contributed by atoms with van der Waals surface area (Å²) in [6, 6.07) is 6.28. The molecule has 1 N–H and O–H groups in total. The molecule has 2 aromatic rings. The monoisotopic (exact) mass is 244 g/mol. The van der Waals surface area contributed by atoms with Crippen LogP contribution in [0, 0.1) is 13.8 Å². The summed E-state index contributed by atoms with van der Waals surface area (Å²) < 4.78 is 5.59. The van der Waals surface area contributed by atoms with Crippen LogP contribution in [0.2, 0.25) is 0 Å². The molecule has 2 rings (SSSR count). The summed E-state index contributed by atoms with van der Waals surface area (Å²) in [7, 11) is 0. The Morgan fingerprint density at radius 2 is 1.94 bits per heavy atom. The number of hydrogen-bond acceptors (Lipinski definition) is 3. The van der Waals surface area contributed by atoms with E-state index in [4.69, 9.17) is 4.42 Å². The van der Waals surface area contributed by atoms with Gasteiger partial charge in [-0.15, -0.1) is 0 Å². The Bertz CT molecular complexity index is 497. The van der Waals surface area contributed by atoms with E-state index in [0.29, 0.717) is 0 Å². The van der Waals surface area contributed by atoms with E-state index in [0.717, 1.165) is 31.0 Å². The van der Waals surface area contributed by atoms with Crippen LogP contribution in [-0.2, 0) is 6.54 Å². The highest BCUT2D eigenvalue weighted by Gasteiger charge is 2.14. The molecule has 0 unspecified atom stereocenters. The molecular weight excluding hydrogens is 224 g/mol. The molecule has 0 spiro atoms. The van der Waals surface area contributed by atoms with Gasteiger partial charge in [-0.2, -0.15) is 0 Å². The van der Waals surface area contributed by atoms with Gasteiger partial charge in [-0.05, 0) is 37.9 Å². The largest absolute Gasteiger partial charge is 0.443 e. The van der Waals surface area contributed by atoms with Crippen LogP contribution >= 0.6 is 0 Å². The van der Waals surface area contributed by atoms with Crippen molar-refractivity contribution in [1.29, 1.82) is 0 Å². The highest BCUT2D eigenvalue weighted by molar-refractivity contribution is 5.67. The molecule has 0 amide bonds. The lowest BCUT2D eigenvalue weighted by Gasteiger charge is -2.08. The van der Waals surface area contributed by atoms with Crippen molar-refractivity contribution in [2.24, 2.45) is 0 Å². The first-order valence-corrected chi connectivity index (χ1v) is 6.43. The Balaban J connectivity index is 2.31. The van der Waals surface area contributed by atoms with Crippen molar-refractivity contribution in [2.75, 3.05) is 6.54 Å². The molecule has 0 atom stereocenters. The highest BCUT2D eigenvalue weighted by Crippen LogP contribution is 2.29. The third-order valence-corrected chi connectivity index (χ3v) is 3.07. The van der Waals surface area contributed by atoms with Crippen molar-refractivity contribution in [3.8, 4) is 11.3 Å². The normalized spacial score (nSPS) is 10.8. The van der Waals surface area contributed by atoms with Gasteiger partial charge in [0.15, 0.2) is 12.2 Å². The topological polar surface area (TPSA) is 38.1 Å². The fraction of sp³-hybridized carbons (Fsp3) is 0.400. The minimum atomic E-state index is 0.757. The van der Waals surface area contributed by atoms with Crippen LogP contribution in [0.1, 0.15) is 30.2 Å². The van der Waals surface area contributed by atoms with Crippen molar-refractivity contribution in [1.82, 2.24) is 10.3 Å². The number of nitrogens with zero attached hydrogens (tertiary/aromatic N) is 1. The highest BCUT2D eigenvalue weighted by atomic mass is 16.3. The van der Waals surface area contributed by atoms with Crippen LogP contribution in [0.15, 0.2) is 29.0 Å². The fourth-order valence-electron chi connectivity index (χ4n) is 2.15. The van der Waals surface area contributed by atoms with Gasteiger partial charge in [0.2, 0.25) is 0 Å². The van der Waals surface area contributed by atoms with Crippen molar-refractivity contribution < 1.29 is 4.42 Å². The van der Waals surface area contributed by atoms with Gasteiger partial charge in [-0.3, -0.25) is 0 Å². The summed E-state index contributed by atoms with van der Waals surface area (Å²) in [5, 5.41) is 3.36. The first kappa shape index (κ1) is 12.8. The van der Waals surface area contributed by atoms with E-state index in [1.165, 1.54) is 23.1 Å². The molecule has 0 radical (unpaired) electrons. The molecule has 96 valence electrons. The summed E-state index contributed by atoms with van der Waals surface area (Å²) in [4.78, 5) is 4.32. The lowest BCUT2D eigenvalue weighted by molar-refractivity contribution is 0.568. The van der Waals surface area contributed by atoms with Crippen LogP contribution in [0.25, 0.3) is 11.3 Å². The summed E-state index contributed by atoms with van der Waals surface area (Å²) in [5.74, 6) is 0.897. The van der Waals surface area contributed by atoms with E-state index >= 15 is 0 Å². The molecule has 0 saturated carbocycles. The van der Waals surface area contributed by atoms with E-state index in [1.54, 1.807) is 0 Å². The average molecular weight is 244 g/mol. The standard InChI is InChI=1S/C15H20N2O/c1-4-8-16-9-13-15(18-10-17-13)14-11(2)6-5-7-12(14)3/h5-7,10,16H,4,8-9H2,1-3H3. The molecule has 1 aromatic carbocycles. The molecule has 18 heavy (non-hydrogen) atoms. The number of rotatable bonds is 5. The lowest BCUT2D eigenvalue weighted by Crippen LogP contribution is -2.14. The van der Waals surface area contributed by atoms with E-state index in [-0.39, 0.29) is 0 Å². The predicted molar refractivity (Wildman–Crippen MR) is 73.4 cm³/mol. The number of hydrogen-bond donors (Lipinski definition) is 1. The van der Waals surface area contributed by atoms with Gasteiger partial charge in [0.05, 0.1) is 0 Å². The van der Waals surface area contributed by atoms with E-state index in [9.17, 15) is 0 Å². The second-order valence-electron chi connectivity index (χ2n) is 4.57. The zero-order valence-electron chi connectivity index (χ0n) is 11.3. The van der Waals surface area contributed by atoms with Gasteiger partial charge in [0, 0.05) is 12.1 Å². The van der Waals surface area contributed by atoms with Crippen LogP contribution in [0.5, 0.6) is 0 Å². The van der Waals surface area contributed by atoms with Gasteiger partial charge in [-0.1, -0.05) is 25.1 Å². The van der Waals surface area contributed by atoms with Crippen LogP contribution < -0.4 is 5.32 Å². The molecule has 1 aromatic heterocycles. The van der Waals surface area contributed by atoms with Crippen molar-refractivity contribution in [2.45, 2.75) is 33.7 Å². The quantitative estimate of drug-likeness (QED) is 0.818. The Morgan fingerprint density at radius 3 is 2.61 bits per heavy atom. The predicted octanol–water partition coefficient (Wildman–Crippen LogP) is 3.46. The second-order valence-corrected chi connectivity index (χ2v) is 4.57. The maximum absolute atomic E-state index is 5.59. The number of aromatic nitrogens is 1. The molecular formula is C15H20N2O. The summed E-state index contributed by atoms with van der Waals surface area (Å²) >= 11 is 0. The van der Waals surface area contributed by atoms with E-state index in [1.807, 2.05) is 0 Å². The zero-order valence-corrected chi connectivity index (χ0v) is 11.3. The Labute approximate surface area is 108 Å². The van der Waals surface area contributed by atoms with Gasteiger partial charge in [0.1, 0.15) is 5.69 Å². The smallest absolute Gasteiger partial charge is 0.181 e. The Morgan fingerprint density at radius 1 is 1.22 bits per heavy atom. The van der Waals surface area contributed by atoms with Crippen LogP contribution in [0.4, 0.5) is 0 Å². The summed E-state index contributed by atoms with van der Waals surface area (Å²) in [6.07, 6.45) is 2.65. The van der Waals surface area contributed by atoms with Crippen LogP contribution in [0.3, 0.4) is 0 Å². The van der Waals surface area contributed by atoms with Gasteiger partial charge in [-0.25, -0.2) is 4.98 Å². The SMILES string of the molecule is CCCNCc1ncoc1-c1c(C)cccc1C. The molecule has 0 saturated heterocycles. The third kappa shape index (κ3) is 2.62. The average Bonchev–Trinajstić information content (AvgIpc) is 2.78. The van der Waals surface area contributed by atoms with Gasteiger partial charge >= 0.3 is 0 Å². The molecule has 0 fully saturated rings. The number of nitrogens with one attached hydrogen (secondary N) is 1. The van der Waals surface area contributed by atoms with Crippen molar-refractivity contribution >= 4 is 0 Å². The maximum atomic E-state index is 5.59. The molecule has 0 aliphatic rings. The molecule has 3 nitrogen and oxygen atoms in total. The minimum absolute atomic E-state index is 0.757. The molecule has 0 aliphatic carbocycles. The fourth-order valence-corrected chi connectivity index (χ4v) is 2.15. The second kappa shape index (κ2) is 5.83. The summed E-state index contributed by atoms with van der Waals surface area (Å²) in [5.41, 5.74) is 4.61. The van der Waals surface area contributed by atoms with Gasteiger partial charge < -0.3 is 9.73 Å². The van der Waals surface area contributed by atoms with E-state index in [2.05, 4.69) is 49.3 Å². The number of aryl methyl sites for hydroxylation is 2. The number of benzene rings is 1. The van der Waals surface area contributed by atoms with Crippen molar-refractivity contribution in [3.63, 3.8) is 0 Å². The molecule has 0 bridgehead atoms. The molecule has 3 heteroatoms. The maximum Gasteiger partial charge on any atom is 0.181 e. The van der Waals surface area contributed by atoms with Crippen LogP contribution in [-0.4, -0.2) is 11.5 Å². The lowest BCUT2D eigenvalue weighted by atomic mass is 9.99. The van der Waals surface area contributed by atoms with Gasteiger partial charge in [0.25, 0.3) is 0 Å². The molecule has 1 heterocycles. The first-order valence-electron chi connectivity index (χ1n) is 6.43. The Kier molecular flexibility index (Phi) is 4.15. The minimum Gasteiger partial charge on any atom is -0.443 e. The van der Waals surface area contributed by atoms with Crippen molar-refractivity contribution in [3.05, 3.63) is 41.4 Å². The van der Waals surface area contributed by atoms with E-state index < -0.39 is 0 Å². The zero-order chi connectivity index (χ0) is 13.0. The number of oxazole rings is 1. The molecule has 0 aliphatic heterocycles.